The Bertz CT molecular complexity index is 559. The molecule has 1 aromatic heterocycles. The SMILES string of the molecule is CC(C)(CN)c1nc2ccccc2n1C(C)(C)C. The van der Waals surface area contributed by atoms with Crippen LogP contribution in [-0.2, 0) is 11.0 Å². The second-order valence-electron chi connectivity index (χ2n) is 6.52. The highest BCUT2D eigenvalue weighted by molar-refractivity contribution is 5.76. The monoisotopic (exact) mass is 245 g/mol. The van der Waals surface area contributed by atoms with Crippen molar-refractivity contribution >= 4 is 11.0 Å². The third-order valence-corrected chi connectivity index (χ3v) is 3.35. The summed E-state index contributed by atoms with van der Waals surface area (Å²) in [4.78, 5) is 4.80. The summed E-state index contributed by atoms with van der Waals surface area (Å²) in [6.45, 7) is 11.5. The van der Waals surface area contributed by atoms with Gasteiger partial charge < -0.3 is 10.3 Å². The first kappa shape index (κ1) is 13.1. The highest BCUT2D eigenvalue weighted by Gasteiger charge is 2.30. The van der Waals surface area contributed by atoms with E-state index in [-0.39, 0.29) is 11.0 Å². The van der Waals surface area contributed by atoms with Crippen molar-refractivity contribution in [3.8, 4) is 0 Å². The van der Waals surface area contributed by atoms with Crippen LogP contribution in [0.3, 0.4) is 0 Å². The zero-order valence-corrected chi connectivity index (χ0v) is 12.0. The highest BCUT2D eigenvalue weighted by Crippen LogP contribution is 2.31. The van der Waals surface area contributed by atoms with Crippen LogP contribution >= 0.6 is 0 Å². The van der Waals surface area contributed by atoms with Crippen molar-refractivity contribution in [3.05, 3.63) is 30.1 Å². The summed E-state index contributed by atoms with van der Waals surface area (Å²) in [6.07, 6.45) is 0. The Morgan fingerprint density at radius 1 is 1.11 bits per heavy atom. The predicted molar refractivity (Wildman–Crippen MR) is 76.8 cm³/mol. The van der Waals surface area contributed by atoms with Crippen molar-refractivity contribution in [3.63, 3.8) is 0 Å². The van der Waals surface area contributed by atoms with Crippen LogP contribution in [0.4, 0.5) is 0 Å². The van der Waals surface area contributed by atoms with E-state index in [1.807, 2.05) is 6.07 Å². The Morgan fingerprint density at radius 2 is 1.72 bits per heavy atom. The molecule has 0 aliphatic heterocycles. The van der Waals surface area contributed by atoms with E-state index >= 15 is 0 Å². The lowest BCUT2D eigenvalue weighted by molar-refractivity contribution is 0.357. The van der Waals surface area contributed by atoms with E-state index in [9.17, 15) is 0 Å². The van der Waals surface area contributed by atoms with Gasteiger partial charge in [-0.05, 0) is 32.9 Å². The Kier molecular flexibility index (Phi) is 2.98. The predicted octanol–water partition coefficient (Wildman–Crippen LogP) is 3.03. The molecule has 0 aliphatic carbocycles. The summed E-state index contributed by atoms with van der Waals surface area (Å²) in [5.41, 5.74) is 8.03. The third-order valence-electron chi connectivity index (χ3n) is 3.35. The molecular weight excluding hydrogens is 222 g/mol. The number of hydrogen-bond acceptors (Lipinski definition) is 2. The molecule has 0 saturated heterocycles. The molecule has 2 N–H and O–H groups in total. The van der Waals surface area contributed by atoms with Gasteiger partial charge in [0.05, 0.1) is 11.0 Å². The average Bonchev–Trinajstić information content (AvgIpc) is 2.68. The quantitative estimate of drug-likeness (QED) is 0.883. The summed E-state index contributed by atoms with van der Waals surface area (Å²) in [7, 11) is 0. The molecule has 0 radical (unpaired) electrons. The molecular formula is C15H23N3. The van der Waals surface area contributed by atoms with Crippen LogP contribution in [-0.4, -0.2) is 16.1 Å². The van der Waals surface area contributed by atoms with Gasteiger partial charge in [0.2, 0.25) is 0 Å². The van der Waals surface area contributed by atoms with Crippen molar-refractivity contribution < 1.29 is 0 Å². The van der Waals surface area contributed by atoms with Crippen molar-refractivity contribution in [2.75, 3.05) is 6.54 Å². The molecule has 2 aromatic rings. The van der Waals surface area contributed by atoms with Gasteiger partial charge in [-0.15, -0.1) is 0 Å². The number of fused-ring (bicyclic) bond motifs is 1. The largest absolute Gasteiger partial charge is 0.329 e. The molecule has 18 heavy (non-hydrogen) atoms. The van der Waals surface area contributed by atoms with Gasteiger partial charge in [0.1, 0.15) is 5.82 Å². The first-order valence-corrected chi connectivity index (χ1v) is 6.46. The van der Waals surface area contributed by atoms with Crippen LogP contribution in [0.1, 0.15) is 40.4 Å². The molecule has 0 aliphatic rings. The number of nitrogens with zero attached hydrogens (tertiary/aromatic N) is 2. The number of rotatable bonds is 2. The number of para-hydroxylation sites is 2. The van der Waals surface area contributed by atoms with E-state index in [1.165, 1.54) is 5.52 Å². The van der Waals surface area contributed by atoms with Crippen molar-refractivity contribution in [2.24, 2.45) is 5.73 Å². The number of imidazole rings is 1. The fraction of sp³-hybridized carbons (Fsp3) is 0.533. The summed E-state index contributed by atoms with van der Waals surface area (Å²) in [5, 5.41) is 0. The zero-order chi connectivity index (χ0) is 13.6. The maximum absolute atomic E-state index is 5.92. The molecule has 1 aromatic carbocycles. The molecule has 2 rings (SSSR count). The fourth-order valence-electron chi connectivity index (χ4n) is 2.25. The highest BCUT2D eigenvalue weighted by atomic mass is 15.1. The zero-order valence-electron chi connectivity index (χ0n) is 12.0. The lowest BCUT2D eigenvalue weighted by Gasteiger charge is -2.31. The maximum atomic E-state index is 5.92. The minimum atomic E-state index is -0.119. The molecule has 0 spiro atoms. The van der Waals surface area contributed by atoms with E-state index in [4.69, 9.17) is 10.7 Å². The Labute approximate surface area is 109 Å². The van der Waals surface area contributed by atoms with Gasteiger partial charge in [0.15, 0.2) is 0 Å². The first-order valence-electron chi connectivity index (χ1n) is 6.46. The average molecular weight is 245 g/mol. The van der Waals surface area contributed by atoms with Crippen LogP contribution in [0, 0.1) is 0 Å². The van der Waals surface area contributed by atoms with Crippen LogP contribution in [0.25, 0.3) is 11.0 Å². The Morgan fingerprint density at radius 3 is 2.28 bits per heavy atom. The van der Waals surface area contributed by atoms with E-state index in [2.05, 4.69) is 57.4 Å². The van der Waals surface area contributed by atoms with Crippen molar-refractivity contribution in [1.29, 1.82) is 0 Å². The Balaban J connectivity index is 2.81. The van der Waals surface area contributed by atoms with Crippen LogP contribution in [0.5, 0.6) is 0 Å². The van der Waals surface area contributed by atoms with Crippen LogP contribution in [0.2, 0.25) is 0 Å². The Hall–Kier alpha value is -1.35. The normalized spacial score (nSPS) is 13.2. The van der Waals surface area contributed by atoms with Crippen molar-refractivity contribution in [2.45, 2.75) is 45.6 Å². The molecule has 98 valence electrons. The summed E-state index contributed by atoms with van der Waals surface area (Å²) >= 11 is 0. The van der Waals surface area contributed by atoms with Gasteiger partial charge in [-0.1, -0.05) is 26.0 Å². The summed E-state index contributed by atoms with van der Waals surface area (Å²) in [5.74, 6) is 1.07. The van der Waals surface area contributed by atoms with Gasteiger partial charge >= 0.3 is 0 Å². The minimum absolute atomic E-state index is 0.00211. The van der Waals surface area contributed by atoms with Gasteiger partial charge in [-0.3, -0.25) is 0 Å². The van der Waals surface area contributed by atoms with E-state index in [1.54, 1.807) is 0 Å². The lowest BCUT2D eigenvalue weighted by atomic mass is 9.91. The van der Waals surface area contributed by atoms with E-state index in [0.717, 1.165) is 11.3 Å². The van der Waals surface area contributed by atoms with E-state index < -0.39 is 0 Å². The minimum Gasteiger partial charge on any atom is -0.329 e. The van der Waals surface area contributed by atoms with Gasteiger partial charge in [-0.2, -0.15) is 0 Å². The lowest BCUT2D eigenvalue weighted by Crippen LogP contribution is -2.36. The number of aromatic nitrogens is 2. The van der Waals surface area contributed by atoms with Gasteiger partial charge in [0.25, 0.3) is 0 Å². The molecule has 3 nitrogen and oxygen atoms in total. The molecule has 3 heteroatoms. The molecule has 0 unspecified atom stereocenters. The molecule has 1 heterocycles. The molecule has 0 atom stereocenters. The van der Waals surface area contributed by atoms with E-state index in [0.29, 0.717) is 6.54 Å². The van der Waals surface area contributed by atoms with Crippen LogP contribution in [0.15, 0.2) is 24.3 Å². The number of benzene rings is 1. The smallest absolute Gasteiger partial charge is 0.117 e. The second-order valence-corrected chi connectivity index (χ2v) is 6.52. The first-order chi connectivity index (χ1) is 8.27. The summed E-state index contributed by atoms with van der Waals surface area (Å²) in [6, 6.07) is 8.28. The molecule has 0 bridgehead atoms. The van der Waals surface area contributed by atoms with Gasteiger partial charge in [-0.25, -0.2) is 4.98 Å². The maximum Gasteiger partial charge on any atom is 0.117 e. The number of nitrogens with two attached hydrogens (primary N) is 1. The van der Waals surface area contributed by atoms with Crippen molar-refractivity contribution in [1.82, 2.24) is 9.55 Å². The second kappa shape index (κ2) is 4.09. The molecule has 0 fully saturated rings. The molecule has 0 amide bonds. The number of hydrogen-bond donors (Lipinski definition) is 1. The summed E-state index contributed by atoms with van der Waals surface area (Å²) < 4.78 is 2.31. The standard InChI is InChI=1S/C15H23N3/c1-14(2,3)18-12-9-7-6-8-11(12)17-13(18)15(4,5)10-16/h6-9H,10,16H2,1-5H3. The molecule has 0 saturated carbocycles. The topological polar surface area (TPSA) is 43.8 Å². The van der Waals surface area contributed by atoms with Gasteiger partial charge in [0, 0.05) is 17.5 Å². The van der Waals surface area contributed by atoms with Crippen LogP contribution < -0.4 is 5.73 Å². The third kappa shape index (κ3) is 2.03. The fourth-order valence-corrected chi connectivity index (χ4v) is 2.25.